The third-order valence-electron chi connectivity index (χ3n) is 3.07. The molecule has 1 heterocycles. The van der Waals surface area contributed by atoms with Gasteiger partial charge >= 0.3 is 0 Å². The lowest BCUT2D eigenvalue weighted by atomic mass is 10.1. The topological polar surface area (TPSA) is 81.4 Å². The lowest BCUT2D eigenvalue weighted by Crippen LogP contribution is -2.40. The van der Waals surface area contributed by atoms with Crippen molar-refractivity contribution < 1.29 is 13.2 Å². The zero-order valence-corrected chi connectivity index (χ0v) is 12.2. The molecule has 1 aliphatic rings. The summed E-state index contributed by atoms with van der Waals surface area (Å²) in [5, 5.41) is 0.359. The molecule has 0 aromatic heterocycles. The molecule has 1 saturated heterocycles. The molecule has 1 aliphatic heterocycles. The SMILES string of the molecule is Cc1cc(Cl)c(N)cc1S(=O)(=O)NC1CCCOC1. The summed E-state index contributed by atoms with van der Waals surface area (Å²) in [5.74, 6) is 0. The molecule has 0 bridgehead atoms. The van der Waals surface area contributed by atoms with Crippen molar-refractivity contribution in [1.29, 1.82) is 0 Å². The number of anilines is 1. The maximum atomic E-state index is 12.3. The number of nitrogens with one attached hydrogen (secondary N) is 1. The maximum Gasteiger partial charge on any atom is 0.241 e. The van der Waals surface area contributed by atoms with Crippen LogP contribution >= 0.6 is 11.6 Å². The van der Waals surface area contributed by atoms with Crippen molar-refractivity contribution in [2.24, 2.45) is 0 Å². The van der Waals surface area contributed by atoms with Crippen LogP contribution in [0, 0.1) is 6.92 Å². The van der Waals surface area contributed by atoms with Crippen LogP contribution in [-0.4, -0.2) is 27.7 Å². The number of hydrogen-bond donors (Lipinski definition) is 2. The number of halogens is 1. The number of ether oxygens (including phenoxy) is 1. The van der Waals surface area contributed by atoms with Gasteiger partial charge in [-0.3, -0.25) is 0 Å². The molecule has 19 heavy (non-hydrogen) atoms. The molecule has 5 nitrogen and oxygen atoms in total. The van der Waals surface area contributed by atoms with Crippen molar-refractivity contribution >= 4 is 27.3 Å². The van der Waals surface area contributed by atoms with Crippen LogP contribution in [0.5, 0.6) is 0 Å². The van der Waals surface area contributed by atoms with Crippen LogP contribution < -0.4 is 10.5 Å². The second kappa shape index (κ2) is 5.66. The first-order valence-electron chi connectivity index (χ1n) is 6.06. The van der Waals surface area contributed by atoms with Gasteiger partial charge in [0.1, 0.15) is 0 Å². The molecule has 1 aromatic rings. The molecule has 7 heteroatoms. The average Bonchev–Trinajstić information content (AvgIpc) is 2.34. The number of rotatable bonds is 3. The molecule has 0 radical (unpaired) electrons. The lowest BCUT2D eigenvalue weighted by Gasteiger charge is -2.23. The van der Waals surface area contributed by atoms with Gasteiger partial charge in [-0.05, 0) is 37.5 Å². The summed E-state index contributed by atoms with van der Waals surface area (Å²) in [6, 6.07) is 2.77. The summed E-state index contributed by atoms with van der Waals surface area (Å²) >= 11 is 5.87. The van der Waals surface area contributed by atoms with Crippen LogP contribution in [0.25, 0.3) is 0 Å². The highest BCUT2D eigenvalue weighted by Gasteiger charge is 2.24. The van der Waals surface area contributed by atoms with Crippen LogP contribution in [-0.2, 0) is 14.8 Å². The van der Waals surface area contributed by atoms with Crippen LogP contribution in [0.4, 0.5) is 5.69 Å². The molecule has 1 fully saturated rings. The third-order valence-corrected chi connectivity index (χ3v) is 5.06. The van der Waals surface area contributed by atoms with E-state index in [4.69, 9.17) is 22.1 Å². The van der Waals surface area contributed by atoms with Crippen molar-refractivity contribution in [3.8, 4) is 0 Å². The molecule has 2 rings (SSSR count). The number of hydrogen-bond acceptors (Lipinski definition) is 4. The van der Waals surface area contributed by atoms with Crippen LogP contribution in [0.3, 0.4) is 0 Å². The Morgan fingerprint density at radius 3 is 2.84 bits per heavy atom. The Balaban J connectivity index is 2.26. The van der Waals surface area contributed by atoms with Gasteiger partial charge in [0.05, 0.1) is 22.2 Å². The second-order valence-corrected chi connectivity index (χ2v) is 6.76. The van der Waals surface area contributed by atoms with E-state index in [0.29, 0.717) is 23.8 Å². The van der Waals surface area contributed by atoms with E-state index >= 15 is 0 Å². The predicted molar refractivity (Wildman–Crippen MR) is 74.8 cm³/mol. The van der Waals surface area contributed by atoms with E-state index in [9.17, 15) is 8.42 Å². The Bertz CT molecular complexity index is 569. The molecule has 1 atom stereocenters. The Kier molecular flexibility index (Phi) is 4.35. The van der Waals surface area contributed by atoms with Crippen molar-refractivity contribution in [1.82, 2.24) is 4.72 Å². The van der Waals surface area contributed by atoms with Gasteiger partial charge in [-0.25, -0.2) is 13.1 Å². The van der Waals surface area contributed by atoms with Gasteiger partial charge in [-0.2, -0.15) is 0 Å². The van der Waals surface area contributed by atoms with Gasteiger partial charge in [0.25, 0.3) is 0 Å². The molecular weight excluding hydrogens is 288 g/mol. The molecule has 3 N–H and O–H groups in total. The van der Waals surface area contributed by atoms with Gasteiger partial charge in [0.15, 0.2) is 0 Å². The van der Waals surface area contributed by atoms with Crippen LogP contribution in [0.2, 0.25) is 5.02 Å². The van der Waals surface area contributed by atoms with E-state index < -0.39 is 10.0 Å². The number of nitrogens with two attached hydrogens (primary N) is 1. The predicted octanol–water partition coefficient (Wildman–Crippen LogP) is 1.69. The summed E-state index contributed by atoms with van der Waals surface area (Å²) in [6.45, 7) is 2.78. The summed E-state index contributed by atoms with van der Waals surface area (Å²) < 4.78 is 32.6. The number of aryl methyl sites for hydroxylation is 1. The van der Waals surface area contributed by atoms with E-state index in [1.54, 1.807) is 13.0 Å². The zero-order valence-electron chi connectivity index (χ0n) is 10.6. The zero-order chi connectivity index (χ0) is 14.0. The Labute approximate surface area is 118 Å². The largest absolute Gasteiger partial charge is 0.397 e. The quantitative estimate of drug-likeness (QED) is 0.833. The van der Waals surface area contributed by atoms with Gasteiger partial charge in [-0.1, -0.05) is 11.6 Å². The summed E-state index contributed by atoms with van der Waals surface area (Å²) in [5.41, 5.74) is 6.50. The molecule has 1 unspecified atom stereocenters. The van der Waals surface area contributed by atoms with E-state index in [0.717, 1.165) is 12.8 Å². The molecule has 0 spiro atoms. The maximum absolute atomic E-state index is 12.3. The summed E-state index contributed by atoms with van der Waals surface area (Å²) in [6.07, 6.45) is 1.64. The number of nitrogen functional groups attached to an aromatic ring is 1. The minimum absolute atomic E-state index is 0.167. The highest BCUT2D eigenvalue weighted by Crippen LogP contribution is 2.26. The van der Waals surface area contributed by atoms with E-state index in [1.807, 2.05) is 0 Å². The number of sulfonamides is 1. The van der Waals surface area contributed by atoms with E-state index in [2.05, 4.69) is 4.72 Å². The van der Waals surface area contributed by atoms with Crippen molar-refractivity contribution in [2.45, 2.75) is 30.7 Å². The minimum Gasteiger partial charge on any atom is -0.397 e. The fraction of sp³-hybridized carbons (Fsp3) is 0.500. The first-order valence-corrected chi connectivity index (χ1v) is 7.92. The molecule has 0 saturated carbocycles. The van der Waals surface area contributed by atoms with Crippen LogP contribution in [0.1, 0.15) is 18.4 Å². The van der Waals surface area contributed by atoms with Crippen molar-refractivity contribution in [3.05, 3.63) is 22.7 Å². The molecule has 0 aliphatic carbocycles. The Morgan fingerprint density at radius 2 is 2.21 bits per heavy atom. The Hall–Kier alpha value is -0.820. The second-order valence-electron chi connectivity index (χ2n) is 4.67. The van der Waals surface area contributed by atoms with Crippen molar-refractivity contribution in [2.75, 3.05) is 18.9 Å². The average molecular weight is 305 g/mol. The normalized spacial score (nSPS) is 20.4. The van der Waals surface area contributed by atoms with Crippen molar-refractivity contribution in [3.63, 3.8) is 0 Å². The van der Waals surface area contributed by atoms with Gasteiger partial charge in [0.2, 0.25) is 10.0 Å². The molecule has 1 aromatic carbocycles. The smallest absolute Gasteiger partial charge is 0.241 e. The van der Waals surface area contributed by atoms with E-state index in [-0.39, 0.29) is 16.6 Å². The standard InChI is InChI=1S/C12H17ClN2O3S/c1-8-5-10(13)11(14)6-12(8)19(16,17)15-9-3-2-4-18-7-9/h5-6,9,15H,2-4,7,14H2,1H3. The Morgan fingerprint density at radius 1 is 1.47 bits per heavy atom. The van der Waals surface area contributed by atoms with Crippen LogP contribution in [0.15, 0.2) is 17.0 Å². The third kappa shape index (κ3) is 3.39. The summed E-state index contributed by atoms with van der Waals surface area (Å²) in [4.78, 5) is 0.167. The highest BCUT2D eigenvalue weighted by atomic mass is 35.5. The highest BCUT2D eigenvalue weighted by molar-refractivity contribution is 7.89. The van der Waals surface area contributed by atoms with Gasteiger partial charge in [0, 0.05) is 12.6 Å². The van der Waals surface area contributed by atoms with Gasteiger partial charge < -0.3 is 10.5 Å². The molecule has 106 valence electrons. The summed E-state index contributed by atoms with van der Waals surface area (Å²) in [7, 11) is -3.60. The molecular formula is C12H17ClN2O3S. The first kappa shape index (κ1) is 14.6. The fourth-order valence-electron chi connectivity index (χ4n) is 2.07. The number of benzene rings is 1. The van der Waals surface area contributed by atoms with Gasteiger partial charge in [-0.15, -0.1) is 0 Å². The fourth-order valence-corrected chi connectivity index (χ4v) is 3.81. The lowest BCUT2D eigenvalue weighted by molar-refractivity contribution is 0.0774. The molecule has 0 amide bonds. The van der Waals surface area contributed by atoms with E-state index in [1.165, 1.54) is 6.07 Å². The monoisotopic (exact) mass is 304 g/mol. The minimum atomic E-state index is -3.60. The first-order chi connectivity index (χ1) is 8.90.